The van der Waals surface area contributed by atoms with Gasteiger partial charge < -0.3 is 18.9 Å². The smallest absolute Gasteiger partial charge is 0.374 e. The highest BCUT2D eigenvalue weighted by molar-refractivity contribution is 9.10. The van der Waals surface area contributed by atoms with Crippen molar-refractivity contribution in [3.05, 3.63) is 74.7 Å². The van der Waals surface area contributed by atoms with Crippen molar-refractivity contribution in [2.45, 2.75) is 0 Å². The minimum Gasteiger partial charge on any atom is -0.463 e. The van der Waals surface area contributed by atoms with Crippen LogP contribution >= 0.6 is 15.9 Å². The monoisotopic (exact) mass is 441 g/mol. The van der Waals surface area contributed by atoms with Gasteiger partial charge in [-0.1, -0.05) is 15.9 Å². The minimum absolute atomic E-state index is 0.140. The first-order valence-corrected chi connectivity index (χ1v) is 8.90. The first-order valence-electron chi connectivity index (χ1n) is 8.11. The Hall–Kier alpha value is -3.39. The maximum atomic E-state index is 12.5. The summed E-state index contributed by atoms with van der Waals surface area (Å²) in [6.07, 6.45) is 0. The Morgan fingerprint density at radius 1 is 0.964 bits per heavy atom. The molecule has 0 radical (unpaired) electrons. The number of rotatable bonds is 3. The molecule has 4 aromatic rings. The predicted molar refractivity (Wildman–Crippen MR) is 106 cm³/mol. The summed E-state index contributed by atoms with van der Waals surface area (Å²) in [6, 6.07) is 12.6. The summed E-state index contributed by atoms with van der Waals surface area (Å²) in [5.41, 5.74) is 0.755. The van der Waals surface area contributed by atoms with Crippen LogP contribution in [0.5, 0.6) is 0 Å². The molecule has 0 spiro atoms. The number of ether oxygens (including phenoxy) is 1. The highest BCUT2D eigenvalue weighted by Crippen LogP contribution is 2.24. The van der Waals surface area contributed by atoms with Gasteiger partial charge in [0.05, 0.1) is 12.5 Å². The summed E-state index contributed by atoms with van der Waals surface area (Å²) in [6.45, 7) is 0. The van der Waals surface area contributed by atoms with E-state index in [1.54, 1.807) is 18.2 Å². The van der Waals surface area contributed by atoms with Crippen LogP contribution in [0.25, 0.3) is 21.9 Å². The van der Waals surface area contributed by atoms with Gasteiger partial charge in [-0.25, -0.2) is 4.79 Å². The molecule has 0 saturated heterocycles. The molecule has 1 amide bonds. The van der Waals surface area contributed by atoms with E-state index in [1.165, 1.54) is 19.2 Å². The number of methoxy groups -OCH3 is 1. The predicted octanol–water partition coefficient (Wildman–Crippen LogP) is 4.34. The Bertz CT molecular complexity index is 1300. The van der Waals surface area contributed by atoms with E-state index in [0.29, 0.717) is 11.3 Å². The number of nitrogens with one attached hydrogen (secondary N) is 1. The number of amides is 1. The van der Waals surface area contributed by atoms with E-state index in [4.69, 9.17) is 8.83 Å². The number of furan rings is 1. The average molecular weight is 442 g/mol. The van der Waals surface area contributed by atoms with E-state index in [0.717, 1.165) is 15.9 Å². The Morgan fingerprint density at radius 3 is 2.50 bits per heavy atom. The fourth-order valence-corrected chi connectivity index (χ4v) is 3.13. The standard InChI is InChI=1S/C20H12BrNO6/c1-26-20(25)18-9-14(23)13-8-12(3-5-16(13)28-18)22-19(24)17-7-10-6-11(21)2-4-15(10)27-17/h2-9H,1H3,(H,22,24). The van der Waals surface area contributed by atoms with Crippen molar-refractivity contribution >= 4 is 55.4 Å². The summed E-state index contributed by atoms with van der Waals surface area (Å²) >= 11 is 3.37. The first kappa shape index (κ1) is 18.0. The molecule has 8 heteroatoms. The van der Waals surface area contributed by atoms with Crippen molar-refractivity contribution < 1.29 is 23.2 Å². The van der Waals surface area contributed by atoms with Crippen LogP contribution in [0, 0.1) is 0 Å². The largest absolute Gasteiger partial charge is 0.463 e. The topological polar surface area (TPSA) is 98.8 Å². The molecule has 4 rings (SSSR count). The van der Waals surface area contributed by atoms with E-state index in [2.05, 4.69) is 26.0 Å². The lowest BCUT2D eigenvalue weighted by atomic mass is 10.2. The summed E-state index contributed by atoms with van der Waals surface area (Å²) in [4.78, 5) is 36.3. The molecule has 7 nitrogen and oxygen atoms in total. The highest BCUT2D eigenvalue weighted by atomic mass is 79.9. The van der Waals surface area contributed by atoms with Gasteiger partial charge >= 0.3 is 5.97 Å². The normalized spacial score (nSPS) is 10.9. The summed E-state index contributed by atoms with van der Waals surface area (Å²) in [7, 11) is 1.20. The van der Waals surface area contributed by atoms with Gasteiger partial charge in [0.15, 0.2) is 11.2 Å². The van der Waals surface area contributed by atoms with Gasteiger partial charge in [-0.2, -0.15) is 0 Å². The summed E-state index contributed by atoms with van der Waals surface area (Å²) in [5.74, 6) is -1.25. The third-order valence-electron chi connectivity index (χ3n) is 4.07. The molecule has 0 aliphatic carbocycles. The molecule has 0 aliphatic rings. The molecule has 2 aromatic carbocycles. The molecule has 1 N–H and O–H groups in total. The van der Waals surface area contributed by atoms with Crippen molar-refractivity contribution in [1.29, 1.82) is 0 Å². The van der Waals surface area contributed by atoms with Crippen LogP contribution in [-0.4, -0.2) is 19.0 Å². The van der Waals surface area contributed by atoms with E-state index in [1.807, 2.05) is 12.1 Å². The molecule has 0 bridgehead atoms. The van der Waals surface area contributed by atoms with E-state index >= 15 is 0 Å². The third kappa shape index (κ3) is 3.29. The number of esters is 1. The molecule has 2 aromatic heterocycles. The second kappa shape index (κ2) is 6.97. The molecular weight excluding hydrogens is 430 g/mol. The minimum atomic E-state index is -0.743. The Balaban J connectivity index is 1.65. The van der Waals surface area contributed by atoms with Gasteiger partial charge in [-0.05, 0) is 42.5 Å². The fourth-order valence-electron chi connectivity index (χ4n) is 2.75. The molecular formula is C20H12BrNO6. The van der Waals surface area contributed by atoms with Gasteiger partial charge in [-0.15, -0.1) is 0 Å². The number of hydrogen-bond acceptors (Lipinski definition) is 6. The van der Waals surface area contributed by atoms with Gasteiger partial charge in [0.2, 0.25) is 5.76 Å². The van der Waals surface area contributed by atoms with Crippen LogP contribution in [0.1, 0.15) is 21.1 Å². The molecule has 2 heterocycles. The molecule has 140 valence electrons. The van der Waals surface area contributed by atoms with Gasteiger partial charge in [-0.3, -0.25) is 9.59 Å². The summed E-state index contributed by atoms with van der Waals surface area (Å²) in [5, 5.41) is 3.69. The molecule has 0 saturated carbocycles. The van der Waals surface area contributed by atoms with E-state index < -0.39 is 17.3 Å². The number of hydrogen-bond donors (Lipinski definition) is 1. The summed E-state index contributed by atoms with van der Waals surface area (Å²) < 4.78 is 16.4. The zero-order valence-electron chi connectivity index (χ0n) is 14.4. The zero-order chi connectivity index (χ0) is 19.8. The Kier molecular flexibility index (Phi) is 4.48. The van der Waals surface area contributed by atoms with Gasteiger partial charge in [0.25, 0.3) is 5.91 Å². The van der Waals surface area contributed by atoms with Gasteiger partial charge in [0, 0.05) is 21.6 Å². The third-order valence-corrected chi connectivity index (χ3v) is 4.57. The number of anilines is 1. The number of fused-ring (bicyclic) bond motifs is 2. The molecule has 0 fully saturated rings. The molecule has 0 aliphatic heterocycles. The average Bonchev–Trinajstić information content (AvgIpc) is 3.11. The zero-order valence-corrected chi connectivity index (χ0v) is 16.0. The second-order valence-corrected chi connectivity index (χ2v) is 6.84. The lowest BCUT2D eigenvalue weighted by molar-refractivity contribution is 0.0565. The highest BCUT2D eigenvalue weighted by Gasteiger charge is 2.15. The number of carbonyl (C=O) groups is 2. The van der Waals surface area contributed by atoms with Crippen LogP contribution in [0.3, 0.4) is 0 Å². The first-order chi connectivity index (χ1) is 13.4. The van der Waals surface area contributed by atoms with E-state index in [9.17, 15) is 14.4 Å². The van der Waals surface area contributed by atoms with Crippen molar-refractivity contribution in [2.75, 3.05) is 12.4 Å². The fraction of sp³-hybridized carbons (Fsp3) is 0.0500. The number of carbonyl (C=O) groups excluding carboxylic acids is 2. The second-order valence-electron chi connectivity index (χ2n) is 5.92. The van der Waals surface area contributed by atoms with Crippen LogP contribution in [0.4, 0.5) is 5.69 Å². The Morgan fingerprint density at radius 2 is 1.71 bits per heavy atom. The van der Waals surface area contributed by atoms with Crippen molar-refractivity contribution in [3.8, 4) is 0 Å². The molecule has 0 atom stereocenters. The van der Waals surface area contributed by atoms with Crippen molar-refractivity contribution in [3.63, 3.8) is 0 Å². The van der Waals surface area contributed by atoms with Crippen molar-refractivity contribution in [1.82, 2.24) is 0 Å². The van der Waals surface area contributed by atoms with Crippen LogP contribution < -0.4 is 10.7 Å². The molecule has 0 unspecified atom stereocenters. The lowest BCUT2D eigenvalue weighted by Crippen LogP contribution is -2.12. The van der Waals surface area contributed by atoms with Gasteiger partial charge in [0.1, 0.15) is 11.2 Å². The van der Waals surface area contributed by atoms with Crippen LogP contribution in [0.2, 0.25) is 0 Å². The molecule has 28 heavy (non-hydrogen) atoms. The van der Waals surface area contributed by atoms with E-state index in [-0.39, 0.29) is 22.5 Å². The van der Waals surface area contributed by atoms with Crippen LogP contribution in [0.15, 0.2) is 66.6 Å². The maximum Gasteiger partial charge on any atom is 0.374 e. The number of benzene rings is 2. The SMILES string of the molecule is COC(=O)c1cc(=O)c2cc(NC(=O)c3cc4cc(Br)ccc4o3)ccc2o1. The lowest BCUT2D eigenvalue weighted by Gasteiger charge is -2.05. The quantitative estimate of drug-likeness (QED) is 0.474. The Labute approximate surface area is 166 Å². The van der Waals surface area contributed by atoms with Crippen molar-refractivity contribution in [2.24, 2.45) is 0 Å². The maximum absolute atomic E-state index is 12.5. The number of halogens is 1. The van der Waals surface area contributed by atoms with Crippen LogP contribution in [-0.2, 0) is 4.74 Å².